The largest absolute Gasteiger partial charge is 0.320 e. The van der Waals surface area contributed by atoms with Gasteiger partial charge >= 0.3 is 0 Å². The monoisotopic (exact) mass is 381 g/mol. The van der Waals surface area contributed by atoms with E-state index in [-0.39, 0.29) is 28.4 Å². The Hall–Kier alpha value is -4.06. The second-order valence-corrected chi connectivity index (χ2v) is 6.98. The summed E-state index contributed by atoms with van der Waals surface area (Å²) in [6.07, 6.45) is 3.46. The van der Waals surface area contributed by atoms with Crippen LogP contribution in [0.3, 0.4) is 0 Å². The second-order valence-electron chi connectivity index (χ2n) is 6.98. The Morgan fingerprint density at radius 2 is 1.66 bits per heavy atom. The van der Waals surface area contributed by atoms with Gasteiger partial charge in [0.1, 0.15) is 11.3 Å². The van der Waals surface area contributed by atoms with Crippen LogP contribution in [-0.2, 0) is 0 Å². The first-order valence-electron chi connectivity index (χ1n) is 9.11. The highest BCUT2D eigenvalue weighted by Gasteiger charge is 2.31. The zero-order valence-electron chi connectivity index (χ0n) is 15.5. The van der Waals surface area contributed by atoms with Gasteiger partial charge in [0.2, 0.25) is 0 Å². The average molecular weight is 381 g/mol. The number of aryl methyl sites for hydroxylation is 1. The van der Waals surface area contributed by atoms with Gasteiger partial charge in [0.05, 0.1) is 11.3 Å². The van der Waals surface area contributed by atoms with E-state index in [4.69, 9.17) is 0 Å². The first-order valence-corrected chi connectivity index (χ1v) is 9.11. The van der Waals surface area contributed by atoms with Gasteiger partial charge in [-0.1, -0.05) is 36.4 Å². The number of carbonyl (C=O) groups excluding carboxylic acids is 3. The molecule has 2 aromatic carbocycles. The van der Waals surface area contributed by atoms with Gasteiger partial charge in [0.25, 0.3) is 5.91 Å². The summed E-state index contributed by atoms with van der Waals surface area (Å²) in [6.45, 7) is 1.95. The smallest absolute Gasteiger partial charge is 0.275 e. The summed E-state index contributed by atoms with van der Waals surface area (Å²) in [5.74, 6) is -0.954. The molecule has 0 atom stereocenters. The molecule has 4 aromatic rings. The number of hydrogen-bond acceptors (Lipinski definition) is 4. The minimum absolute atomic E-state index is 0.212. The predicted octanol–water partition coefficient (Wildman–Crippen LogP) is 3.67. The van der Waals surface area contributed by atoms with Gasteiger partial charge in [-0.2, -0.15) is 0 Å². The molecule has 140 valence electrons. The lowest BCUT2D eigenvalue weighted by molar-refractivity contribution is 0.0978. The van der Waals surface area contributed by atoms with E-state index < -0.39 is 5.91 Å². The highest BCUT2D eigenvalue weighted by atomic mass is 16.2. The van der Waals surface area contributed by atoms with Crippen LogP contribution < -0.4 is 5.32 Å². The Balaban J connectivity index is 1.55. The Kier molecular flexibility index (Phi) is 3.67. The van der Waals surface area contributed by atoms with Crippen molar-refractivity contribution in [3.63, 3.8) is 0 Å². The third-order valence-corrected chi connectivity index (χ3v) is 5.05. The predicted molar refractivity (Wildman–Crippen MR) is 108 cm³/mol. The number of aromatic nitrogens is 2. The third kappa shape index (κ3) is 2.65. The van der Waals surface area contributed by atoms with Crippen molar-refractivity contribution in [3.8, 4) is 0 Å². The van der Waals surface area contributed by atoms with Crippen molar-refractivity contribution in [2.24, 2.45) is 0 Å². The van der Waals surface area contributed by atoms with E-state index in [1.807, 2.05) is 25.3 Å². The van der Waals surface area contributed by atoms with Crippen molar-refractivity contribution in [1.29, 1.82) is 0 Å². The number of fused-ring (bicyclic) bond motifs is 3. The van der Waals surface area contributed by atoms with Crippen LogP contribution in [0, 0.1) is 6.92 Å². The van der Waals surface area contributed by atoms with Gasteiger partial charge in [-0.3, -0.25) is 14.4 Å². The molecule has 0 saturated heterocycles. The van der Waals surface area contributed by atoms with Crippen molar-refractivity contribution in [2.45, 2.75) is 6.92 Å². The number of pyridine rings is 1. The summed E-state index contributed by atoms with van der Waals surface area (Å²) in [4.78, 5) is 43.0. The fraction of sp³-hybridized carbons (Fsp3) is 0.0435. The van der Waals surface area contributed by atoms with Crippen LogP contribution in [0.2, 0.25) is 0 Å². The Morgan fingerprint density at radius 1 is 0.931 bits per heavy atom. The van der Waals surface area contributed by atoms with Crippen LogP contribution in [0.25, 0.3) is 5.65 Å². The number of nitrogens with zero attached hydrogens (tertiary/aromatic N) is 2. The molecule has 1 N–H and O–H groups in total. The number of nitrogens with one attached hydrogen (secondary N) is 1. The molecule has 0 spiro atoms. The minimum Gasteiger partial charge on any atom is -0.320 e. The van der Waals surface area contributed by atoms with Gasteiger partial charge in [0, 0.05) is 29.1 Å². The van der Waals surface area contributed by atoms with E-state index in [1.165, 1.54) is 0 Å². The zero-order chi connectivity index (χ0) is 20.1. The van der Waals surface area contributed by atoms with E-state index >= 15 is 0 Å². The van der Waals surface area contributed by atoms with Crippen LogP contribution in [0.15, 0.2) is 67.0 Å². The number of carbonyl (C=O) groups is 3. The molecule has 1 aliphatic rings. The minimum atomic E-state index is -0.445. The lowest BCUT2D eigenvalue weighted by Gasteiger charge is -2.20. The number of benzene rings is 2. The highest BCUT2D eigenvalue weighted by molar-refractivity contribution is 6.30. The summed E-state index contributed by atoms with van der Waals surface area (Å²) in [5.41, 5.74) is 3.44. The normalized spacial score (nSPS) is 12.6. The Bertz CT molecular complexity index is 1350. The molecule has 0 aliphatic heterocycles. The van der Waals surface area contributed by atoms with Crippen LogP contribution >= 0.6 is 0 Å². The second kappa shape index (κ2) is 6.24. The van der Waals surface area contributed by atoms with Gasteiger partial charge in [-0.25, -0.2) is 4.98 Å². The number of anilines is 1. The standard InChI is InChI=1S/C23H15N3O3/c1-13-9-10-26-12-18(24-19(26)11-13)23(29)25-17-8-4-7-16-20(17)22(28)15-6-3-2-5-14(15)21(16)27/h2-12H,1H3,(H,25,29). The summed E-state index contributed by atoms with van der Waals surface area (Å²) in [5, 5.41) is 2.76. The highest BCUT2D eigenvalue weighted by Crippen LogP contribution is 2.32. The van der Waals surface area contributed by atoms with Crippen molar-refractivity contribution in [3.05, 3.63) is 101 Å². The molecular formula is C23H15N3O3. The van der Waals surface area contributed by atoms with E-state index in [0.717, 1.165) is 5.56 Å². The lowest BCUT2D eigenvalue weighted by atomic mass is 9.83. The van der Waals surface area contributed by atoms with Crippen LogP contribution in [-0.4, -0.2) is 26.9 Å². The molecule has 0 saturated carbocycles. The maximum Gasteiger partial charge on any atom is 0.275 e. The van der Waals surface area contributed by atoms with Crippen molar-refractivity contribution < 1.29 is 14.4 Å². The first-order chi connectivity index (χ1) is 14.0. The molecule has 0 bridgehead atoms. The zero-order valence-corrected chi connectivity index (χ0v) is 15.5. The Labute approximate surface area is 165 Å². The van der Waals surface area contributed by atoms with Gasteiger partial charge < -0.3 is 9.72 Å². The maximum absolute atomic E-state index is 13.0. The number of imidazole rings is 1. The van der Waals surface area contributed by atoms with E-state index in [1.54, 1.807) is 53.1 Å². The summed E-state index contributed by atoms with van der Waals surface area (Å²) in [7, 11) is 0. The summed E-state index contributed by atoms with van der Waals surface area (Å²) >= 11 is 0. The number of ketones is 2. The topological polar surface area (TPSA) is 80.5 Å². The fourth-order valence-corrected chi connectivity index (χ4v) is 3.63. The van der Waals surface area contributed by atoms with Crippen molar-refractivity contribution in [2.75, 3.05) is 5.32 Å². The van der Waals surface area contributed by atoms with Crippen molar-refractivity contribution >= 4 is 28.8 Å². The first kappa shape index (κ1) is 17.1. The van der Waals surface area contributed by atoms with Crippen LogP contribution in [0.1, 0.15) is 47.9 Å². The molecule has 6 nitrogen and oxygen atoms in total. The van der Waals surface area contributed by atoms with E-state index in [0.29, 0.717) is 22.5 Å². The molecule has 1 aliphatic carbocycles. The van der Waals surface area contributed by atoms with E-state index in [2.05, 4.69) is 10.3 Å². The van der Waals surface area contributed by atoms with Gasteiger partial charge in [-0.15, -0.1) is 0 Å². The SMILES string of the molecule is Cc1ccn2cc(C(=O)Nc3cccc4c3C(=O)c3ccccc3C4=O)nc2c1. The molecule has 6 heteroatoms. The van der Waals surface area contributed by atoms with E-state index in [9.17, 15) is 14.4 Å². The van der Waals surface area contributed by atoms with Crippen LogP contribution in [0.5, 0.6) is 0 Å². The lowest BCUT2D eigenvalue weighted by Crippen LogP contribution is -2.24. The van der Waals surface area contributed by atoms with Gasteiger partial charge in [0.15, 0.2) is 11.6 Å². The Morgan fingerprint density at radius 3 is 2.45 bits per heavy atom. The molecule has 29 heavy (non-hydrogen) atoms. The fourth-order valence-electron chi connectivity index (χ4n) is 3.63. The molecule has 0 fully saturated rings. The molecule has 0 radical (unpaired) electrons. The van der Waals surface area contributed by atoms with Gasteiger partial charge in [-0.05, 0) is 30.7 Å². The number of rotatable bonds is 2. The summed E-state index contributed by atoms with van der Waals surface area (Å²) < 4.78 is 1.76. The average Bonchev–Trinajstić information content (AvgIpc) is 3.15. The maximum atomic E-state index is 13.0. The van der Waals surface area contributed by atoms with Crippen LogP contribution in [0.4, 0.5) is 5.69 Å². The van der Waals surface area contributed by atoms with Crippen molar-refractivity contribution in [1.82, 2.24) is 9.38 Å². The molecule has 2 aromatic heterocycles. The quantitative estimate of drug-likeness (QED) is 0.506. The molecule has 2 heterocycles. The molecular weight excluding hydrogens is 366 g/mol. The third-order valence-electron chi connectivity index (χ3n) is 5.05. The summed E-state index contributed by atoms with van der Waals surface area (Å²) in [6, 6.07) is 15.4. The molecule has 5 rings (SSSR count). The number of amides is 1. The number of hydrogen-bond donors (Lipinski definition) is 1. The molecule has 0 unspecified atom stereocenters. The molecule has 1 amide bonds.